The van der Waals surface area contributed by atoms with Gasteiger partial charge in [0.1, 0.15) is 5.82 Å². The third-order valence-electron chi connectivity index (χ3n) is 2.82. The molecule has 0 bridgehead atoms. The second kappa shape index (κ2) is 5.99. The van der Waals surface area contributed by atoms with Crippen LogP contribution in [0.1, 0.15) is 18.4 Å². The van der Waals surface area contributed by atoms with Crippen molar-refractivity contribution in [1.29, 1.82) is 0 Å². The Balaban J connectivity index is 1.90. The van der Waals surface area contributed by atoms with E-state index in [0.717, 1.165) is 18.9 Å². The Morgan fingerprint density at radius 3 is 2.70 bits per heavy atom. The zero-order valence-electron chi connectivity index (χ0n) is 10.4. The van der Waals surface area contributed by atoms with Crippen LogP contribution < -0.4 is 10.6 Å². The van der Waals surface area contributed by atoms with E-state index in [9.17, 15) is 18.0 Å². The van der Waals surface area contributed by atoms with Crippen molar-refractivity contribution in [3.63, 3.8) is 0 Å². The Kier molecular flexibility index (Phi) is 4.52. The molecule has 1 amide bonds. The highest BCUT2D eigenvalue weighted by atomic mass is 79.9. The van der Waals surface area contributed by atoms with Crippen molar-refractivity contribution in [2.24, 2.45) is 5.92 Å². The third kappa shape index (κ3) is 4.09. The van der Waals surface area contributed by atoms with Crippen LogP contribution in [0.25, 0.3) is 0 Å². The number of amides is 1. The number of nitrogens with one attached hydrogen (secondary N) is 2. The van der Waals surface area contributed by atoms with Crippen molar-refractivity contribution in [1.82, 2.24) is 10.3 Å². The summed E-state index contributed by atoms with van der Waals surface area (Å²) in [5.41, 5.74) is -0.833. The van der Waals surface area contributed by atoms with Crippen LogP contribution >= 0.6 is 15.9 Å². The summed E-state index contributed by atoms with van der Waals surface area (Å²) < 4.78 is 38.7. The second-order valence-corrected chi connectivity index (χ2v) is 5.46. The number of carbonyl (C=O) groups is 1. The Morgan fingerprint density at radius 2 is 2.10 bits per heavy atom. The minimum Gasteiger partial charge on any atom is -0.368 e. The summed E-state index contributed by atoms with van der Waals surface area (Å²) in [6.45, 7) is 0.459. The molecule has 1 heterocycles. The molecule has 1 fully saturated rings. The molecule has 1 aliphatic rings. The van der Waals surface area contributed by atoms with Gasteiger partial charge < -0.3 is 10.6 Å². The first-order valence-corrected chi connectivity index (χ1v) is 6.91. The predicted octanol–water partition coefficient (Wildman–Crippen LogP) is 2.80. The molecule has 8 heteroatoms. The summed E-state index contributed by atoms with van der Waals surface area (Å²) in [6.07, 6.45) is -1.39. The average molecular weight is 352 g/mol. The van der Waals surface area contributed by atoms with Gasteiger partial charge in [-0.25, -0.2) is 4.98 Å². The van der Waals surface area contributed by atoms with Crippen molar-refractivity contribution in [2.75, 3.05) is 18.4 Å². The number of rotatable bonds is 5. The third-order valence-corrected chi connectivity index (χ3v) is 3.26. The van der Waals surface area contributed by atoms with E-state index in [0.29, 0.717) is 0 Å². The number of anilines is 1. The maximum atomic E-state index is 12.8. The normalized spacial score (nSPS) is 15.0. The molecular formula is C12H13BrF3N3O. The van der Waals surface area contributed by atoms with E-state index in [1.165, 1.54) is 6.20 Å². The number of alkyl halides is 3. The van der Waals surface area contributed by atoms with E-state index >= 15 is 0 Å². The van der Waals surface area contributed by atoms with Gasteiger partial charge in [0.05, 0.1) is 5.56 Å². The smallest absolute Gasteiger partial charge is 0.368 e. The molecule has 0 spiro atoms. The lowest BCUT2D eigenvalue weighted by Gasteiger charge is -2.14. The fourth-order valence-electron chi connectivity index (χ4n) is 1.65. The molecule has 1 aromatic heterocycles. The van der Waals surface area contributed by atoms with Crippen LogP contribution in [0.4, 0.5) is 19.0 Å². The van der Waals surface area contributed by atoms with Crippen molar-refractivity contribution < 1.29 is 18.0 Å². The first-order valence-electron chi connectivity index (χ1n) is 6.12. The fraction of sp³-hybridized carbons (Fsp3) is 0.500. The average Bonchev–Trinajstić information content (AvgIpc) is 3.18. The number of hydrogen-bond acceptors (Lipinski definition) is 3. The van der Waals surface area contributed by atoms with Crippen LogP contribution in [0.3, 0.4) is 0 Å². The topological polar surface area (TPSA) is 54.0 Å². The molecule has 20 heavy (non-hydrogen) atoms. The molecule has 2 rings (SSSR count). The molecule has 1 saturated carbocycles. The van der Waals surface area contributed by atoms with Crippen LogP contribution in [-0.2, 0) is 11.0 Å². The summed E-state index contributed by atoms with van der Waals surface area (Å²) in [6, 6.07) is 0.970. The molecule has 0 radical (unpaired) electrons. The summed E-state index contributed by atoms with van der Waals surface area (Å²) >= 11 is 2.97. The zero-order chi connectivity index (χ0) is 14.8. The summed E-state index contributed by atoms with van der Waals surface area (Å²) in [5, 5.41) is 5.26. The van der Waals surface area contributed by atoms with Gasteiger partial charge in [-0.2, -0.15) is 13.2 Å². The Hall–Kier alpha value is -1.31. The quantitative estimate of drug-likeness (QED) is 0.802. The van der Waals surface area contributed by atoms with Gasteiger partial charge in [-0.15, -0.1) is 0 Å². The largest absolute Gasteiger partial charge is 0.419 e. The van der Waals surface area contributed by atoms with E-state index < -0.39 is 11.7 Å². The Labute approximate surface area is 122 Å². The number of carbonyl (C=O) groups excluding carboxylic acids is 1. The van der Waals surface area contributed by atoms with Crippen molar-refractivity contribution in [2.45, 2.75) is 19.0 Å². The molecule has 1 aromatic rings. The first kappa shape index (κ1) is 15.1. The van der Waals surface area contributed by atoms with E-state index in [2.05, 4.69) is 31.5 Å². The maximum Gasteiger partial charge on any atom is 0.419 e. The van der Waals surface area contributed by atoms with Gasteiger partial charge in [-0.1, -0.05) is 0 Å². The first-order chi connectivity index (χ1) is 9.38. The molecule has 0 aromatic carbocycles. The van der Waals surface area contributed by atoms with Crippen molar-refractivity contribution in [3.8, 4) is 0 Å². The number of halogens is 4. The molecule has 110 valence electrons. The van der Waals surface area contributed by atoms with Crippen molar-refractivity contribution >= 4 is 27.7 Å². The molecule has 0 aliphatic heterocycles. The lowest BCUT2D eigenvalue weighted by Crippen LogP contribution is -2.30. The van der Waals surface area contributed by atoms with Crippen LogP contribution in [0, 0.1) is 5.92 Å². The van der Waals surface area contributed by atoms with Crippen LogP contribution in [0.15, 0.2) is 16.7 Å². The Morgan fingerprint density at radius 1 is 1.40 bits per heavy atom. The molecule has 4 nitrogen and oxygen atoms in total. The lowest BCUT2D eigenvalue weighted by molar-refractivity contribution is -0.137. The standard InChI is InChI=1S/C12H13BrF3N3O/c13-8-5-9(12(14,15)16)10(19-6-8)17-3-4-18-11(20)7-1-2-7/h5-7H,1-4H2,(H,17,19)(H,18,20). The number of aromatic nitrogens is 1. The van der Waals surface area contributed by atoms with Gasteiger partial charge in [-0.3, -0.25) is 4.79 Å². The van der Waals surface area contributed by atoms with Gasteiger partial charge in [-0.05, 0) is 34.8 Å². The van der Waals surface area contributed by atoms with E-state index in [-0.39, 0.29) is 35.2 Å². The predicted molar refractivity (Wildman–Crippen MR) is 71.2 cm³/mol. The number of pyridine rings is 1. The van der Waals surface area contributed by atoms with Gasteiger partial charge in [0, 0.05) is 29.7 Å². The second-order valence-electron chi connectivity index (χ2n) is 4.54. The summed E-state index contributed by atoms with van der Waals surface area (Å²) in [5.74, 6) is -0.181. The van der Waals surface area contributed by atoms with Gasteiger partial charge in [0.25, 0.3) is 0 Å². The lowest BCUT2D eigenvalue weighted by atomic mass is 10.2. The zero-order valence-corrected chi connectivity index (χ0v) is 12.0. The van der Waals surface area contributed by atoms with E-state index in [1.807, 2.05) is 0 Å². The minimum atomic E-state index is -4.48. The highest BCUT2D eigenvalue weighted by molar-refractivity contribution is 9.10. The molecule has 1 aliphatic carbocycles. The summed E-state index contributed by atoms with van der Waals surface area (Å²) in [4.78, 5) is 15.1. The summed E-state index contributed by atoms with van der Waals surface area (Å²) in [7, 11) is 0. The minimum absolute atomic E-state index is 0.0355. The van der Waals surface area contributed by atoms with E-state index in [1.54, 1.807) is 0 Å². The van der Waals surface area contributed by atoms with E-state index in [4.69, 9.17) is 0 Å². The van der Waals surface area contributed by atoms with Gasteiger partial charge >= 0.3 is 6.18 Å². The molecule has 2 N–H and O–H groups in total. The number of hydrogen-bond donors (Lipinski definition) is 2. The molecular weight excluding hydrogens is 339 g/mol. The van der Waals surface area contributed by atoms with Gasteiger partial charge in [0.2, 0.25) is 5.91 Å². The maximum absolute atomic E-state index is 12.8. The van der Waals surface area contributed by atoms with Crippen LogP contribution in [0.5, 0.6) is 0 Å². The Bertz CT molecular complexity index is 503. The number of nitrogens with zero attached hydrogens (tertiary/aromatic N) is 1. The van der Waals surface area contributed by atoms with Crippen LogP contribution in [0.2, 0.25) is 0 Å². The highest BCUT2D eigenvalue weighted by Gasteiger charge is 2.34. The molecule has 0 unspecified atom stereocenters. The SMILES string of the molecule is O=C(NCCNc1ncc(Br)cc1C(F)(F)F)C1CC1. The van der Waals surface area contributed by atoms with Gasteiger partial charge in [0.15, 0.2) is 0 Å². The fourth-order valence-corrected chi connectivity index (χ4v) is 1.98. The molecule has 0 saturated heterocycles. The van der Waals surface area contributed by atoms with Crippen molar-refractivity contribution in [3.05, 3.63) is 22.3 Å². The van der Waals surface area contributed by atoms with Crippen LogP contribution in [-0.4, -0.2) is 24.0 Å². The highest BCUT2D eigenvalue weighted by Crippen LogP contribution is 2.35. The molecule has 0 atom stereocenters. The monoisotopic (exact) mass is 351 g/mol.